The predicted octanol–water partition coefficient (Wildman–Crippen LogP) is 4.05. The zero-order valence-electron chi connectivity index (χ0n) is 16.0. The average Bonchev–Trinajstić information content (AvgIpc) is 2.97. The van der Waals surface area contributed by atoms with Crippen LogP contribution in [0.2, 0.25) is 5.02 Å². The molecule has 2 aromatic rings. The van der Waals surface area contributed by atoms with E-state index in [1.165, 1.54) is 12.1 Å². The molecule has 0 aromatic heterocycles. The molecule has 0 spiro atoms. The Morgan fingerprint density at radius 2 is 1.97 bits per heavy atom. The second-order valence-electron chi connectivity index (χ2n) is 7.13. The van der Waals surface area contributed by atoms with Gasteiger partial charge in [-0.25, -0.2) is 4.79 Å². The molecule has 0 bridgehead atoms. The molecule has 0 atom stereocenters. The smallest absolute Gasteiger partial charge is 0.340 e. The van der Waals surface area contributed by atoms with Crippen LogP contribution in [0.5, 0.6) is 0 Å². The summed E-state index contributed by atoms with van der Waals surface area (Å²) in [6, 6.07) is 11.4. The van der Waals surface area contributed by atoms with Crippen LogP contribution in [0.1, 0.15) is 47.2 Å². The van der Waals surface area contributed by atoms with Crippen LogP contribution in [0.25, 0.3) is 0 Å². The SMILES string of the molecule is N#Cc1ccc(COC(=O)c2cc3c(cc2Cl)N2CCCCCC2=NS3(=O)=O)cc1. The van der Waals surface area contributed by atoms with Crippen molar-refractivity contribution in [3.63, 3.8) is 0 Å². The molecule has 0 radical (unpaired) electrons. The van der Waals surface area contributed by atoms with Gasteiger partial charge in [-0.3, -0.25) is 0 Å². The van der Waals surface area contributed by atoms with Gasteiger partial charge < -0.3 is 9.64 Å². The van der Waals surface area contributed by atoms with Gasteiger partial charge in [-0.1, -0.05) is 30.2 Å². The molecule has 2 aliphatic rings. The third-order valence-electron chi connectivity index (χ3n) is 5.11. The highest BCUT2D eigenvalue weighted by Gasteiger charge is 2.33. The number of hydrogen-bond acceptors (Lipinski definition) is 6. The maximum atomic E-state index is 12.7. The van der Waals surface area contributed by atoms with Gasteiger partial charge in [-0.15, -0.1) is 4.40 Å². The van der Waals surface area contributed by atoms with Crippen LogP contribution in [-0.4, -0.2) is 26.8 Å². The van der Waals surface area contributed by atoms with Crippen LogP contribution in [0.15, 0.2) is 45.7 Å². The summed E-state index contributed by atoms with van der Waals surface area (Å²) >= 11 is 6.34. The number of nitrogens with zero attached hydrogens (tertiary/aromatic N) is 3. The van der Waals surface area contributed by atoms with E-state index < -0.39 is 16.0 Å². The van der Waals surface area contributed by atoms with Crippen molar-refractivity contribution in [3.05, 3.63) is 58.1 Å². The van der Waals surface area contributed by atoms with Crippen LogP contribution in [0.4, 0.5) is 5.69 Å². The summed E-state index contributed by atoms with van der Waals surface area (Å²) in [6.07, 6.45) is 3.39. The fraction of sp³-hybridized carbons (Fsp3) is 0.286. The monoisotopic (exact) mass is 443 g/mol. The maximum Gasteiger partial charge on any atom is 0.340 e. The zero-order chi connectivity index (χ0) is 21.3. The lowest BCUT2D eigenvalue weighted by molar-refractivity contribution is 0.0472. The quantitative estimate of drug-likeness (QED) is 0.663. The van der Waals surface area contributed by atoms with E-state index in [0.717, 1.165) is 19.3 Å². The molecule has 1 saturated heterocycles. The summed E-state index contributed by atoms with van der Waals surface area (Å²) in [5.74, 6) is -0.208. The highest BCUT2D eigenvalue weighted by molar-refractivity contribution is 7.90. The van der Waals surface area contributed by atoms with Crippen LogP contribution in [0.3, 0.4) is 0 Å². The maximum absolute atomic E-state index is 12.7. The number of nitriles is 1. The molecule has 0 N–H and O–H groups in total. The second kappa shape index (κ2) is 8.09. The lowest BCUT2D eigenvalue weighted by atomic mass is 10.1. The molecular weight excluding hydrogens is 426 g/mol. The summed E-state index contributed by atoms with van der Waals surface area (Å²) in [5.41, 5.74) is 1.63. The molecule has 0 unspecified atom stereocenters. The van der Waals surface area contributed by atoms with Crippen molar-refractivity contribution < 1.29 is 17.9 Å². The van der Waals surface area contributed by atoms with E-state index in [0.29, 0.717) is 35.6 Å². The van der Waals surface area contributed by atoms with Crippen molar-refractivity contribution in [2.45, 2.75) is 37.2 Å². The molecule has 154 valence electrons. The third kappa shape index (κ3) is 3.91. The van der Waals surface area contributed by atoms with E-state index in [1.54, 1.807) is 24.3 Å². The van der Waals surface area contributed by atoms with Gasteiger partial charge in [-0.2, -0.15) is 13.7 Å². The molecule has 4 rings (SSSR count). The van der Waals surface area contributed by atoms with E-state index >= 15 is 0 Å². The number of halogens is 1. The Hall–Kier alpha value is -2.89. The van der Waals surface area contributed by atoms with E-state index in [9.17, 15) is 13.2 Å². The van der Waals surface area contributed by atoms with Crippen molar-refractivity contribution in [1.82, 2.24) is 0 Å². The number of esters is 1. The van der Waals surface area contributed by atoms with E-state index in [-0.39, 0.29) is 22.1 Å². The average molecular weight is 444 g/mol. The molecule has 7 nitrogen and oxygen atoms in total. The largest absolute Gasteiger partial charge is 0.457 e. The Bertz CT molecular complexity index is 1180. The van der Waals surface area contributed by atoms with Gasteiger partial charge in [0.1, 0.15) is 17.3 Å². The molecule has 30 heavy (non-hydrogen) atoms. The Balaban J connectivity index is 1.62. The number of amidine groups is 1. The Kier molecular flexibility index (Phi) is 5.50. The van der Waals surface area contributed by atoms with Gasteiger partial charge in [0.2, 0.25) is 0 Å². The van der Waals surface area contributed by atoms with Crippen molar-refractivity contribution >= 4 is 39.1 Å². The number of rotatable bonds is 3. The predicted molar refractivity (Wildman–Crippen MR) is 112 cm³/mol. The minimum absolute atomic E-state index is 0.0268. The normalized spacial score (nSPS) is 17.1. The highest BCUT2D eigenvalue weighted by atomic mass is 35.5. The number of fused-ring (bicyclic) bond motifs is 3. The highest BCUT2D eigenvalue weighted by Crippen LogP contribution is 2.38. The molecule has 2 aliphatic heterocycles. The molecule has 0 saturated carbocycles. The molecule has 9 heteroatoms. The van der Waals surface area contributed by atoms with Crippen LogP contribution in [0, 0.1) is 11.3 Å². The Morgan fingerprint density at radius 1 is 1.20 bits per heavy atom. The summed E-state index contributed by atoms with van der Waals surface area (Å²) in [6.45, 7) is 0.624. The molecule has 0 amide bonds. The number of anilines is 1. The fourth-order valence-electron chi connectivity index (χ4n) is 3.56. The Morgan fingerprint density at radius 3 is 2.70 bits per heavy atom. The van der Waals surface area contributed by atoms with E-state index in [2.05, 4.69) is 4.40 Å². The van der Waals surface area contributed by atoms with Gasteiger partial charge >= 0.3 is 5.97 Å². The molecule has 2 aromatic carbocycles. The minimum atomic E-state index is -3.93. The van der Waals surface area contributed by atoms with Gasteiger partial charge in [-0.05, 0) is 42.7 Å². The van der Waals surface area contributed by atoms with Gasteiger partial charge in [0.15, 0.2) is 0 Å². The Labute approximate surface area is 179 Å². The lowest BCUT2D eigenvalue weighted by Crippen LogP contribution is -2.35. The van der Waals surface area contributed by atoms with Crippen LogP contribution in [-0.2, 0) is 21.4 Å². The first-order chi connectivity index (χ1) is 14.4. The van der Waals surface area contributed by atoms with E-state index in [4.69, 9.17) is 21.6 Å². The summed E-state index contributed by atoms with van der Waals surface area (Å²) in [5, 5.41) is 8.97. The third-order valence-corrected chi connectivity index (χ3v) is 6.76. The standard InChI is InChI=1S/C21H18ClN3O4S/c22-17-11-18-19(30(27,28)24-20-4-2-1-3-9-25(18)20)10-16(17)21(26)29-13-15-7-5-14(12-23)6-8-15/h5-8,10-11H,1-4,9,13H2. The first kappa shape index (κ1) is 20.4. The van der Waals surface area contributed by atoms with Crippen molar-refractivity contribution in [3.8, 4) is 6.07 Å². The van der Waals surface area contributed by atoms with Crippen molar-refractivity contribution in [2.24, 2.45) is 4.40 Å². The number of sulfonamides is 1. The zero-order valence-corrected chi connectivity index (χ0v) is 17.5. The number of carbonyl (C=O) groups is 1. The number of carbonyl (C=O) groups excluding carboxylic acids is 1. The number of ether oxygens (including phenoxy) is 1. The number of hydrogen-bond donors (Lipinski definition) is 0. The fourth-order valence-corrected chi connectivity index (χ4v) is 5.06. The number of benzene rings is 2. The second-order valence-corrected chi connectivity index (χ2v) is 9.11. The topological polar surface area (TPSA) is 99.8 Å². The van der Waals surface area contributed by atoms with Crippen molar-refractivity contribution in [2.75, 3.05) is 11.4 Å². The van der Waals surface area contributed by atoms with Gasteiger partial charge in [0.25, 0.3) is 10.0 Å². The van der Waals surface area contributed by atoms with Crippen LogP contribution >= 0.6 is 11.6 Å². The van der Waals surface area contributed by atoms with Gasteiger partial charge in [0, 0.05) is 13.0 Å². The summed E-state index contributed by atoms with van der Waals surface area (Å²) < 4.78 is 34.7. The molecule has 0 aliphatic carbocycles. The lowest BCUT2D eigenvalue weighted by Gasteiger charge is -2.30. The minimum Gasteiger partial charge on any atom is -0.457 e. The van der Waals surface area contributed by atoms with Crippen LogP contribution < -0.4 is 4.90 Å². The first-order valence-corrected chi connectivity index (χ1v) is 11.3. The first-order valence-electron chi connectivity index (χ1n) is 9.50. The molecular formula is C21H18ClN3O4S. The summed E-state index contributed by atoms with van der Waals surface area (Å²) in [4.78, 5) is 14.4. The van der Waals surface area contributed by atoms with E-state index in [1.807, 2.05) is 11.0 Å². The van der Waals surface area contributed by atoms with Gasteiger partial charge in [0.05, 0.1) is 27.9 Å². The van der Waals surface area contributed by atoms with Crippen molar-refractivity contribution in [1.29, 1.82) is 5.26 Å². The molecule has 2 heterocycles. The summed E-state index contributed by atoms with van der Waals surface area (Å²) in [7, 11) is -3.93. The molecule has 1 fully saturated rings.